The highest BCUT2D eigenvalue weighted by molar-refractivity contribution is 7.10. The molecule has 10 rings (SSSR count). The van der Waals surface area contributed by atoms with Gasteiger partial charge in [0.25, 0.3) is 0 Å². The molecule has 340 valence electrons. The Hall–Kier alpha value is -8.03. The number of carbonyl (C=O) groups excluding carboxylic acids is 2. The Morgan fingerprint density at radius 2 is 1.10 bits per heavy atom. The number of halogens is 1. The summed E-state index contributed by atoms with van der Waals surface area (Å²) in [5.41, 5.74) is 11.0. The maximum absolute atomic E-state index is 14.7. The molecule has 0 atom stereocenters. The van der Waals surface area contributed by atoms with Crippen molar-refractivity contribution in [2.24, 2.45) is 0 Å². The number of aryl methyl sites for hydroxylation is 3. The first-order chi connectivity index (χ1) is 33.0. The molecule has 11 nitrogen and oxygen atoms in total. The minimum atomic E-state index is -0.478. The molecule has 0 amide bonds. The molecule has 0 unspecified atom stereocenters. The number of aromatic nitrogens is 6. The lowest BCUT2D eigenvalue weighted by molar-refractivity contribution is -0.133. The lowest BCUT2D eigenvalue weighted by Crippen LogP contribution is -2.07. The molecule has 10 aromatic rings. The summed E-state index contributed by atoms with van der Waals surface area (Å²) in [6.45, 7) is 8.72. The summed E-state index contributed by atoms with van der Waals surface area (Å²) in [6.07, 6.45) is 5.60. The molecule has 13 heteroatoms. The molecule has 0 spiro atoms. The van der Waals surface area contributed by atoms with Gasteiger partial charge in [-0.25, -0.2) is 24.3 Å². The van der Waals surface area contributed by atoms with Crippen molar-refractivity contribution in [2.45, 2.75) is 60.3 Å². The molecule has 4 aromatic carbocycles. The van der Waals surface area contributed by atoms with E-state index in [9.17, 15) is 14.0 Å². The van der Waals surface area contributed by atoms with Crippen molar-refractivity contribution in [3.05, 3.63) is 212 Å². The summed E-state index contributed by atoms with van der Waals surface area (Å²) < 4.78 is 35.5. The van der Waals surface area contributed by atoms with Crippen molar-refractivity contribution in [3.8, 4) is 34.3 Å². The maximum Gasteiger partial charge on any atom is 0.309 e. The van der Waals surface area contributed by atoms with Crippen molar-refractivity contribution in [1.29, 1.82) is 0 Å². The minimum absolute atomic E-state index is 0.272. The van der Waals surface area contributed by atoms with Gasteiger partial charge >= 0.3 is 11.9 Å². The van der Waals surface area contributed by atoms with Gasteiger partial charge in [0.2, 0.25) is 11.8 Å². The number of esters is 2. The number of benzene rings is 4. The number of imidazole rings is 2. The van der Waals surface area contributed by atoms with Crippen LogP contribution < -0.4 is 9.47 Å². The number of nitrogens with zero attached hydrogens (tertiary/aromatic N) is 6. The number of hydrogen-bond acceptors (Lipinski definition) is 10. The Bertz CT molecular complexity index is 3400. The molecule has 0 aliphatic heterocycles. The van der Waals surface area contributed by atoms with Crippen LogP contribution in [0.15, 0.2) is 150 Å². The zero-order valence-electron chi connectivity index (χ0n) is 38.2. The number of rotatable bonds is 12. The molecular weight excluding hydrogens is 876 g/mol. The Morgan fingerprint density at radius 3 is 1.62 bits per heavy atom. The van der Waals surface area contributed by atoms with Crippen molar-refractivity contribution >= 4 is 34.6 Å². The van der Waals surface area contributed by atoms with E-state index in [0.717, 1.165) is 45.1 Å². The van der Waals surface area contributed by atoms with Crippen molar-refractivity contribution in [2.75, 3.05) is 0 Å². The van der Waals surface area contributed by atoms with E-state index < -0.39 is 5.97 Å². The SMILES string of the molecule is CC(=O)Oc1c(Cc2cc(C)c(C)o2)nc2c(Cc3ccccc3)nc(-c3ccccc3F)cn12.CC(=O)Oc1c(Cc2sccc2C)nc2c(Cc3ccccc3)nc(-c3ccccc3)cn12. The molecule has 68 heavy (non-hydrogen) atoms. The van der Waals surface area contributed by atoms with Crippen LogP contribution in [0, 0.1) is 26.6 Å². The summed E-state index contributed by atoms with van der Waals surface area (Å²) >= 11 is 1.68. The molecule has 0 saturated heterocycles. The highest BCUT2D eigenvalue weighted by Crippen LogP contribution is 2.33. The molecule has 0 N–H and O–H groups in total. The van der Waals surface area contributed by atoms with Crippen LogP contribution >= 0.6 is 11.3 Å². The molecule has 6 aromatic heterocycles. The predicted molar refractivity (Wildman–Crippen MR) is 261 cm³/mol. The fourth-order valence-corrected chi connectivity index (χ4v) is 8.90. The third kappa shape index (κ3) is 10.0. The lowest BCUT2D eigenvalue weighted by Gasteiger charge is -2.10. The van der Waals surface area contributed by atoms with Crippen molar-refractivity contribution < 1.29 is 27.9 Å². The van der Waals surface area contributed by atoms with Crippen molar-refractivity contribution in [1.82, 2.24) is 28.7 Å². The Balaban J connectivity index is 0.000000170. The molecule has 0 aliphatic carbocycles. The Morgan fingerprint density at radius 1 is 0.588 bits per heavy atom. The lowest BCUT2D eigenvalue weighted by atomic mass is 10.1. The maximum atomic E-state index is 14.7. The number of ether oxygens (including phenoxy) is 2. The second-order valence-electron chi connectivity index (χ2n) is 16.5. The summed E-state index contributed by atoms with van der Waals surface area (Å²) in [5, 5.41) is 2.07. The number of fused-ring (bicyclic) bond motifs is 2. The normalized spacial score (nSPS) is 11.1. The van der Waals surface area contributed by atoms with Crippen LogP contribution in [0.4, 0.5) is 4.39 Å². The van der Waals surface area contributed by atoms with Gasteiger partial charge in [-0.05, 0) is 72.7 Å². The van der Waals surface area contributed by atoms with Crippen LogP contribution in [-0.4, -0.2) is 40.7 Å². The predicted octanol–water partition coefficient (Wildman–Crippen LogP) is 11.7. The summed E-state index contributed by atoms with van der Waals surface area (Å²) in [5.74, 6) is 1.03. The number of furan rings is 1. The zero-order chi connectivity index (χ0) is 47.3. The smallest absolute Gasteiger partial charge is 0.309 e. The van der Waals surface area contributed by atoms with Gasteiger partial charge in [0, 0.05) is 61.5 Å². The Labute approximate surface area is 396 Å². The van der Waals surface area contributed by atoms with E-state index >= 15 is 0 Å². The first-order valence-electron chi connectivity index (χ1n) is 22.1. The fraction of sp³-hybridized carbons (Fsp3) is 0.164. The third-order valence-corrected chi connectivity index (χ3v) is 12.4. The first kappa shape index (κ1) is 45.1. The minimum Gasteiger partial charge on any atom is -0.466 e. The Kier molecular flexibility index (Phi) is 13.2. The average Bonchev–Trinajstić information content (AvgIpc) is 4.08. The molecule has 0 fully saturated rings. The van der Waals surface area contributed by atoms with Gasteiger partial charge in [0.05, 0.1) is 29.2 Å². The largest absolute Gasteiger partial charge is 0.466 e. The van der Waals surface area contributed by atoms with Gasteiger partial charge in [-0.3, -0.25) is 18.4 Å². The summed E-state index contributed by atoms with van der Waals surface area (Å²) in [4.78, 5) is 44.8. The van der Waals surface area contributed by atoms with Gasteiger partial charge in [0.15, 0.2) is 11.3 Å². The fourth-order valence-electron chi connectivity index (χ4n) is 7.99. The second kappa shape index (κ2) is 19.8. The van der Waals surface area contributed by atoms with E-state index in [1.165, 1.54) is 30.4 Å². The number of carbonyl (C=O) groups is 2. The highest BCUT2D eigenvalue weighted by Gasteiger charge is 2.24. The average molecular weight is 923 g/mol. The van der Waals surface area contributed by atoms with Crippen LogP contribution in [0.5, 0.6) is 11.8 Å². The van der Waals surface area contributed by atoms with E-state index in [1.54, 1.807) is 40.1 Å². The van der Waals surface area contributed by atoms with Gasteiger partial charge in [-0.15, -0.1) is 11.3 Å². The second-order valence-corrected chi connectivity index (χ2v) is 17.5. The molecule has 0 saturated carbocycles. The monoisotopic (exact) mass is 922 g/mol. The van der Waals surface area contributed by atoms with Gasteiger partial charge in [-0.1, -0.05) is 103 Å². The van der Waals surface area contributed by atoms with Crippen LogP contribution in [0.3, 0.4) is 0 Å². The van der Waals surface area contributed by atoms with Crippen LogP contribution in [-0.2, 0) is 35.3 Å². The first-order valence-corrected chi connectivity index (χ1v) is 23.0. The van der Waals surface area contributed by atoms with Crippen LogP contribution in [0.25, 0.3) is 33.8 Å². The molecule has 6 heterocycles. The van der Waals surface area contributed by atoms with E-state index in [-0.39, 0.29) is 17.7 Å². The number of thiophene rings is 1. The molecular formula is C55H47FN6O5S. The molecule has 0 radical (unpaired) electrons. The topological polar surface area (TPSA) is 126 Å². The third-order valence-electron chi connectivity index (χ3n) is 11.4. The van der Waals surface area contributed by atoms with Gasteiger partial charge < -0.3 is 13.9 Å². The zero-order valence-corrected chi connectivity index (χ0v) is 39.0. The van der Waals surface area contributed by atoms with Crippen LogP contribution in [0.2, 0.25) is 0 Å². The number of hydrogen-bond donors (Lipinski definition) is 0. The van der Waals surface area contributed by atoms with E-state index in [2.05, 4.69) is 30.5 Å². The van der Waals surface area contributed by atoms with E-state index in [4.69, 9.17) is 33.8 Å². The van der Waals surface area contributed by atoms with Crippen LogP contribution in [0.1, 0.15) is 75.3 Å². The summed E-state index contributed by atoms with van der Waals surface area (Å²) in [7, 11) is 0. The van der Waals surface area contributed by atoms with Gasteiger partial charge in [-0.2, -0.15) is 0 Å². The quantitative estimate of drug-likeness (QED) is 0.110. The van der Waals surface area contributed by atoms with E-state index in [0.29, 0.717) is 71.3 Å². The van der Waals surface area contributed by atoms with E-state index in [1.807, 2.05) is 109 Å². The standard InChI is InChI=1S/C28H24FN3O3.C27H23N3O2S/c1-17-13-21(34-18(17)2)15-25-28(35-19(3)33)32-16-26(22-11-7-8-12-23(22)29)30-24(27(32)31-25)14-20-9-5-4-6-10-20;1-18-13-14-33-25(18)16-23-27(32-19(2)31)30-17-24(21-11-7-4-8-12-21)28-22(26(30)29-23)15-20-9-5-3-6-10-20/h4-13,16H,14-15H2,1-3H3;3-14,17H,15-16H2,1-2H3. The summed E-state index contributed by atoms with van der Waals surface area (Å²) in [6, 6.07) is 40.6. The van der Waals surface area contributed by atoms with Gasteiger partial charge in [0.1, 0.15) is 28.7 Å². The molecule has 0 aliphatic rings. The van der Waals surface area contributed by atoms with Crippen molar-refractivity contribution in [3.63, 3.8) is 0 Å². The highest BCUT2D eigenvalue weighted by atomic mass is 32.1. The molecule has 0 bridgehead atoms.